The van der Waals surface area contributed by atoms with Crippen molar-refractivity contribution < 1.29 is 28.7 Å². The highest BCUT2D eigenvalue weighted by atomic mass is 32.1. The minimum atomic E-state index is -0.973. The highest BCUT2D eigenvalue weighted by Gasteiger charge is 2.26. The number of hydrogen-bond acceptors (Lipinski definition) is 7. The first-order valence-electron chi connectivity index (χ1n) is 8.58. The van der Waals surface area contributed by atoms with E-state index >= 15 is 0 Å². The summed E-state index contributed by atoms with van der Waals surface area (Å²) in [4.78, 5) is 47.9. The third-order valence-electron chi connectivity index (χ3n) is 4.12. The van der Waals surface area contributed by atoms with E-state index in [4.69, 9.17) is 15.2 Å². The number of thiophene rings is 1. The smallest absolute Gasteiger partial charge is 0.341 e. The molecule has 0 aromatic carbocycles. The first kappa shape index (κ1) is 20.7. The van der Waals surface area contributed by atoms with E-state index in [9.17, 15) is 19.2 Å². The molecule has 9 nitrogen and oxygen atoms in total. The molecule has 1 aromatic rings. The topological polar surface area (TPSA) is 137 Å². The van der Waals surface area contributed by atoms with Crippen LogP contribution < -0.4 is 16.4 Å². The highest BCUT2D eigenvalue weighted by molar-refractivity contribution is 7.17. The van der Waals surface area contributed by atoms with Crippen LogP contribution in [0.2, 0.25) is 0 Å². The number of urea groups is 1. The van der Waals surface area contributed by atoms with Gasteiger partial charge in [-0.1, -0.05) is 6.42 Å². The number of fused-ring (bicyclic) bond motifs is 1. The number of ether oxygens (including phenoxy) is 2. The van der Waals surface area contributed by atoms with Crippen molar-refractivity contribution in [3.63, 3.8) is 0 Å². The van der Waals surface area contributed by atoms with Crippen LogP contribution in [0.1, 0.15) is 47.0 Å². The molecule has 1 heterocycles. The second-order valence-electron chi connectivity index (χ2n) is 6.15. The number of carbonyl (C=O) groups excluding carboxylic acids is 4. The molecule has 3 amide bonds. The van der Waals surface area contributed by atoms with Crippen LogP contribution in [0.5, 0.6) is 0 Å². The predicted octanol–water partition coefficient (Wildman–Crippen LogP) is 1.34. The molecule has 27 heavy (non-hydrogen) atoms. The number of hydrogen-bond donors (Lipinski definition) is 3. The van der Waals surface area contributed by atoms with Crippen LogP contribution in [0.4, 0.5) is 9.80 Å². The Morgan fingerprint density at radius 2 is 1.89 bits per heavy atom. The molecule has 1 atom stereocenters. The van der Waals surface area contributed by atoms with Gasteiger partial charge >= 0.3 is 18.0 Å². The Kier molecular flexibility index (Phi) is 7.17. The lowest BCUT2D eigenvalue weighted by atomic mass is 10.1. The normalized spacial score (nSPS) is 14.3. The van der Waals surface area contributed by atoms with E-state index in [-0.39, 0.29) is 0 Å². The van der Waals surface area contributed by atoms with Crippen LogP contribution in [-0.2, 0) is 31.9 Å². The summed E-state index contributed by atoms with van der Waals surface area (Å²) in [6.07, 6.45) is 4.72. The van der Waals surface area contributed by atoms with Crippen LogP contribution in [0.3, 0.4) is 0 Å². The zero-order valence-corrected chi connectivity index (χ0v) is 16.1. The Bertz CT molecular complexity index is 745. The Hall–Kier alpha value is -2.62. The summed E-state index contributed by atoms with van der Waals surface area (Å²) in [5, 5.41) is 5.19. The molecule has 0 spiro atoms. The first-order valence-corrected chi connectivity index (χ1v) is 9.40. The molecule has 1 aliphatic carbocycles. The Morgan fingerprint density at radius 1 is 1.19 bits per heavy atom. The lowest BCUT2D eigenvalue weighted by Gasteiger charge is -2.12. The maximum absolute atomic E-state index is 12.2. The number of primary amides is 1. The number of nitrogens with one attached hydrogen (secondary N) is 2. The van der Waals surface area contributed by atoms with Gasteiger partial charge in [0.1, 0.15) is 11.0 Å². The summed E-state index contributed by atoms with van der Waals surface area (Å²) in [6.45, 7) is 0.837. The number of aryl methyl sites for hydroxylation is 1. The van der Waals surface area contributed by atoms with Gasteiger partial charge in [0.15, 0.2) is 6.61 Å². The van der Waals surface area contributed by atoms with Gasteiger partial charge in [-0.2, -0.15) is 0 Å². The molecule has 0 saturated heterocycles. The number of amides is 3. The summed E-state index contributed by atoms with van der Waals surface area (Å²) < 4.78 is 9.72. The van der Waals surface area contributed by atoms with Gasteiger partial charge in [0.05, 0.1) is 12.7 Å². The van der Waals surface area contributed by atoms with Gasteiger partial charge in [0.25, 0.3) is 5.91 Å². The molecule has 0 fully saturated rings. The fraction of sp³-hybridized carbons (Fsp3) is 0.529. The van der Waals surface area contributed by atoms with Gasteiger partial charge in [-0.15, -0.1) is 11.3 Å². The van der Waals surface area contributed by atoms with Crippen molar-refractivity contribution in [2.75, 3.05) is 19.0 Å². The monoisotopic (exact) mass is 397 g/mol. The zero-order chi connectivity index (χ0) is 20.0. The Balaban J connectivity index is 2.06. The van der Waals surface area contributed by atoms with E-state index in [0.717, 1.165) is 42.5 Å². The van der Waals surface area contributed by atoms with Crippen molar-refractivity contribution in [2.24, 2.45) is 5.73 Å². The van der Waals surface area contributed by atoms with Crippen molar-refractivity contribution in [3.8, 4) is 0 Å². The summed E-state index contributed by atoms with van der Waals surface area (Å²) in [5.74, 6) is -1.88. The van der Waals surface area contributed by atoms with Crippen molar-refractivity contribution >= 4 is 40.2 Å². The summed E-state index contributed by atoms with van der Waals surface area (Å²) in [5.41, 5.74) is 6.23. The van der Waals surface area contributed by atoms with Gasteiger partial charge in [-0.05, 0) is 38.2 Å². The molecule has 1 aromatic heterocycles. The fourth-order valence-electron chi connectivity index (χ4n) is 2.85. The lowest BCUT2D eigenvalue weighted by molar-refractivity contribution is -0.148. The second-order valence-corrected chi connectivity index (χ2v) is 7.25. The molecular formula is C17H23N3O6S. The van der Waals surface area contributed by atoms with Gasteiger partial charge in [0.2, 0.25) is 0 Å². The molecule has 0 unspecified atom stereocenters. The first-order chi connectivity index (χ1) is 12.8. The van der Waals surface area contributed by atoms with Crippen LogP contribution in [0.15, 0.2) is 0 Å². The van der Waals surface area contributed by atoms with Gasteiger partial charge in [0, 0.05) is 4.88 Å². The van der Waals surface area contributed by atoms with E-state index in [1.165, 1.54) is 25.4 Å². The van der Waals surface area contributed by atoms with Gasteiger partial charge in [-0.3, -0.25) is 4.79 Å². The molecule has 4 N–H and O–H groups in total. The molecular weight excluding hydrogens is 374 g/mol. The van der Waals surface area contributed by atoms with Crippen molar-refractivity contribution in [1.29, 1.82) is 0 Å². The number of carbonyl (C=O) groups is 4. The number of nitrogens with two attached hydrogens (primary N) is 1. The summed E-state index contributed by atoms with van der Waals surface area (Å²) in [6, 6.07) is -1.84. The van der Waals surface area contributed by atoms with E-state index in [1.54, 1.807) is 0 Å². The number of rotatable bonds is 6. The molecule has 2 rings (SSSR count). The van der Waals surface area contributed by atoms with Crippen LogP contribution in [0.25, 0.3) is 0 Å². The third-order valence-corrected chi connectivity index (χ3v) is 5.33. The number of methoxy groups -OCH3 is 1. The summed E-state index contributed by atoms with van der Waals surface area (Å²) in [7, 11) is 1.30. The largest absolute Gasteiger partial charge is 0.465 e. The maximum Gasteiger partial charge on any atom is 0.341 e. The average Bonchev–Trinajstić information content (AvgIpc) is 2.79. The molecule has 10 heteroatoms. The highest BCUT2D eigenvalue weighted by Crippen LogP contribution is 2.37. The Morgan fingerprint density at radius 3 is 2.56 bits per heavy atom. The predicted molar refractivity (Wildman–Crippen MR) is 98.7 cm³/mol. The van der Waals surface area contributed by atoms with Crippen LogP contribution in [0, 0.1) is 0 Å². The number of anilines is 1. The molecule has 1 aliphatic rings. The van der Waals surface area contributed by atoms with Crippen LogP contribution >= 0.6 is 11.3 Å². The molecule has 0 bridgehead atoms. The SMILES string of the molecule is COC(=O)c1c(NC(=O)COC(=O)[C@@H](C)NC(N)=O)sc2c1CCCCC2. The van der Waals surface area contributed by atoms with Gasteiger partial charge in [-0.25, -0.2) is 14.4 Å². The number of esters is 2. The van der Waals surface area contributed by atoms with Gasteiger partial charge < -0.3 is 25.8 Å². The van der Waals surface area contributed by atoms with Crippen LogP contribution in [-0.4, -0.2) is 43.6 Å². The van der Waals surface area contributed by atoms with E-state index in [1.807, 2.05) is 0 Å². The summed E-state index contributed by atoms with van der Waals surface area (Å²) >= 11 is 1.35. The van der Waals surface area contributed by atoms with E-state index in [2.05, 4.69) is 10.6 Å². The quantitative estimate of drug-likeness (QED) is 0.489. The second kappa shape index (κ2) is 9.36. The van der Waals surface area contributed by atoms with Crippen molar-refractivity contribution in [3.05, 3.63) is 16.0 Å². The maximum atomic E-state index is 12.2. The van der Waals surface area contributed by atoms with Crippen molar-refractivity contribution in [2.45, 2.75) is 45.1 Å². The average molecular weight is 397 g/mol. The van der Waals surface area contributed by atoms with E-state index in [0.29, 0.717) is 10.6 Å². The minimum absolute atomic E-state index is 0.378. The fourth-order valence-corrected chi connectivity index (χ4v) is 4.14. The minimum Gasteiger partial charge on any atom is -0.465 e. The third kappa shape index (κ3) is 5.43. The van der Waals surface area contributed by atoms with E-state index < -0.39 is 36.5 Å². The molecule has 0 radical (unpaired) electrons. The standard InChI is InChI=1S/C17H23N3O6S/c1-9(19-17(18)24)15(22)26-8-12(21)20-14-13(16(23)25-2)10-6-4-3-5-7-11(10)27-14/h9H,3-8H2,1-2H3,(H,20,21)(H3,18,19,24)/t9-/m1/s1. The molecule has 0 saturated carbocycles. The Labute approximate surface area is 160 Å². The molecule has 148 valence electrons. The molecule has 0 aliphatic heterocycles. The van der Waals surface area contributed by atoms with Crippen molar-refractivity contribution in [1.82, 2.24) is 5.32 Å². The lowest BCUT2D eigenvalue weighted by Crippen LogP contribution is -2.43. The zero-order valence-electron chi connectivity index (χ0n) is 15.3.